The summed E-state index contributed by atoms with van der Waals surface area (Å²) in [5.41, 5.74) is 2.04. The second-order valence-electron chi connectivity index (χ2n) is 4.55. The fourth-order valence-electron chi connectivity index (χ4n) is 2.24. The van der Waals surface area contributed by atoms with Crippen LogP contribution in [0.1, 0.15) is 43.3 Å². The van der Waals surface area contributed by atoms with Crippen molar-refractivity contribution < 1.29 is 4.52 Å². The number of nitrogens with one attached hydrogen (secondary N) is 1. The average molecular weight is 248 g/mol. The lowest BCUT2D eigenvalue weighted by atomic mass is 10.1. The van der Waals surface area contributed by atoms with Crippen LogP contribution in [0.2, 0.25) is 0 Å². The van der Waals surface area contributed by atoms with Gasteiger partial charge in [0, 0.05) is 24.5 Å². The Labute approximate surface area is 107 Å². The topological polar surface area (TPSA) is 55.9 Å². The minimum Gasteiger partial charge on any atom is -0.361 e. The van der Waals surface area contributed by atoms with Gasteiger partial charge in [0.05, 0.1) is 11.7 Å². The van der Waals surface area contributed by atoms with E-state index >= 15 is 0 Å². The quantitative estimate of drug-likeness (QED) is 0.883. The van der Waals surface area contributed by atoms with Crippen LogP contribution in [0.3, 0.4) is 0 Å². The maximum Gasteiger partial charge on any atom is 0.203 e. The van der Waals surface area contributed by atoms with Crippen molar-refractivity contribution in [1.82, 2.24) is 14.7 Å². The van der Waals surface area contributed by atoms with Gasteiger partial charge in [0.15, 0.2) is 0 Å². The highest BCUT2D eigenvalue weighted by Crippen LogP contribution is 2.24. The molecule has 0 spiro atoms. The molecule has 18 heavy (non-hydrogen) atoms. The maximum absolute atomic E-state index is 5.20. The highest BCUT2D eigenvalue weighted by Gasteiger charge is 2.17. The summed E-state index contributed by atoms with van der Waals surface area (Å²) in [5.74, 6) is 1.76. The van der Waals surface area contributed by atoms with Gasteiger partial charge in [-0.15, -0.1) is 0 Å². The average Bonchev–Trinajstić information content (AvgIpc) is 2.87. The van der Waals surface area contributed by atoms with E-state index in [1.807, 2.05) is 26.2 Å². The van der Waals surface area contributed by atoms with Crippen molar-refractivity contribution >= 4 is 5.95 Å². The first-order valence-electron chi connectivity index (χ1n) is 6.34. The van der Waals surface area contributed by atoms with Crippen molar-refractivity contribution in [3.05, 3.63) is 29.4 Å². The first-order valence-corrected chi connectivity index (χ1v) is 6.34. The van der Waals surface area contributed by atoms with Gasteiger partial charge in [-0.1, -0.05) is 12.1 Å². The summed E-state index contributed by atoms with van der Waals surface area (Å²) in [6.07, 6.45) is 4.90. The molecule has 0 bridgehead atoms. The summed E-state index contributed by atoms with van der Waals surface area (Å²) in [6.45, 7) is 9.12. The van der Waals surface area contributed by atoms with E-state index in [0.29, 0.717) is 0 Å². The van der Waals surface area contributed by atoms with Gasteiger partial charge >= 0.3 is 0 Å². The normalized spacial score (nSPS) is 12.7. The highest BCUT2D eigenvalue weighted by atomic mass is 16.5. The van der Waals surface area contributed by atoms with Crippen LogP contribution in [-0.4, -0.2) is 14.7 Å². The second kappa shape index (κ2) is 5.25. The predicted octanol–water partition coefficient (Wildman–Crippen LogP) is 3.07. The van der Waals surface area contributed by atoms with E-state index in [-0.39, 0.29) is 6.04 Å². The van der Waals surface area contributed by atoms with Crippen molar-refractivity contribution in [2.24, 2.45) is 0 Å². The zero-order valence-corrected chi connectivity index (χ0v) is 11.4. The number of hydrogen-bond donors (Lipinski definition) is 1. The number of rotatable bonds is 5. The molecular formula is C13H20N4O. The molecule has 2 aromatic rings. The molecule has 1 N–H and O–H groups in total. The van der Waals surface area contributed by atoms with E-state index in [2.05, 4.69) is 33.9 Å². The summed E-state index contributed by atoms with van der Waals surface area (Å²) < 4.78 is 7.32. The van der Waals surface area contributed by atoms with Crippen molar-refractivity contribution in [1.29, 1.82) is 0 Å². The third-order valence-electron chi connectivity index (χ3n) is 3.05. The minimum absolute atomic E-state index is 0.134. The number of hydrogen-bond acceptors (Lipinski definition) is 4. The third kappa shape index (κ3) is 2.39. The Bertz CT molecular complexity index is 495. The molecular weight excluding hydrogens is 228 g/mol. The molecule has 1 atom stereocenters. The number of imidazole rings is 1. The molecule has 0 aliphatic carbocycles. The Hall–Kier alpha value is -1.78. The molecule has 0 aliphatic heterocycles. The van der Waals surface area contributed by atoms with E-state index < -0.39 is 0 Å². The lowest BCUT2D eigenvalue weighted by molar-refractivity contribution is 0.392. The molecule has 2 aromatic heterocycles. The molecule has 2 rings (SSSR count). The van der Waals surface area contributed by atoms with Crippen LogP contribution in [0.5, 0.6) is 0 Å². The van der Waals surface area contributed by atoms with Gasteiger partial charge in [-0.3, -0.25) is 0 Å². The van der Waals surface area contributed by atoms with E-state index in [1.165, 1.54) is 0 Å². The largest absolute Gasteiger partial charge is 0.361 e. The van der Waals surface area contributed by atoms with Crippen LogP contribution >= 0.6 is 0 Å². The Morgan fingerprint density at radius 2 is 2.22 bits per heavy atom. The van der Waals surface area contributed by atoms with Gasteiger partial charge in [0.2, 0.25) is 5.95 Å². The summed E-state index contributed by atoms with van der Waals surface area (Å²) in [7, 11) is 0. The van der Waals surface area contributed by atoms with Crippen LogP contribution in [0.15, 0.2) is 16.9 Å². The van der Waals surface area contributed by atoms with Gasteiger partial charge in [-0.2, -0.15) is 0 Å². The lowest BCUT2D eigenvalue weighted by Gasteiger charge is -2.15. The second-order valence-corrected chi connectivity index (χ2v) is 4.55. The molecule has 0 saturated carbocycles. The molecule has 0 aromatic carbocycles. The highest BCUT2D eigenvalue weighted by molar-refractivity contribution is 5.35. The SMILES string of the molecule is CCCn1ccnc1NC(C)c1c(C)noc1C. The fraction of sp³-hybridized carbons (Fsp3) is 0.538. The smallest absolute Gasteiger partial charge is 0.203 e. The van der Waals surface area contributed by atoms with Gasteiger partial charge < -0.3 is 14.4 Å². The lowest BCUT2D eigenvalue weighted by Crippen LogP contribution is -2.13. The summed E-state index contributed by atoms with van der Waals surface area (Å²) in [6, 6.07) is 0.134. The zero-order valence-electron chi connectivity index (χ0n) is 11.4. The summed E-state index contributed by atoms with van der Waals surface area (Å²) in [5, 5.41) is 7.39. The molecule has 1 unspecified atom stereocenters. The molecule has 98 valence electrons. The fourth-order valence-corrected chi connectivity index (χ4v) is 2.24. The van der Waals surface area contributed by atoms with Gasteiger partial charge in [0.25, 0.3) is 0 Å². The Kier molecular flexibility index (Phi) is 3.69. The number of anilines is 1. The molecule has 0 fully saturated rings. The predicted molar refractivity (Wildman–Crippen MR) is 70.5 cm³/mol. The van der Waals surface area contributed by atoms with Gasteiger partial charge in [0.1, 0.15) is 5.76 Å². The standard InChI is InChI=1S/C13H20N4O/c1-5-7-17-8-6-14-13(17)15-9(2)12-10(3)16-18-11(12)4/h6,8-9H,5,7H2,1-4H3,(H,14,15). The minimum atomic E-state index is 0.134. The summed E-state index contributed by atoms with van der Waals surface area (Å²) >= 11 is 0. The molecule has 5 nitrogen and oxygen atoms in total. The van der Waals surface area contributed by atoms with E-state index in [1.54, 1.807) is 0 Å². The van der Waals surface area contributed by atoms with Crippen molar-refractivity contribution in [3.8, 4) is 0 Å². The Balaban J connectivity index is 2.16. The monoisotopic (exact) mass is 248 g/mol. The van der Waals surface area contributed by atoms with Gasteiger partial charge in [-0.25, -0.2) is 4.98 Å². The molecule has 0 amide bonds. The number of aromatic nitrogens is 3. The first-order chi connectivity index (χ1) is 8.63. The van der Waals surface area contributed by atoms with Crippen LogP contribution in [0.4, 0.5) is 5.95 Å². The van der Waals surface area contributed by atoms with E-state index in [9.17, 15) is 0 Å². The molecule has 0 saturated heterocycles. The van der Waals surface area contributed by atoms with Crippen molar-refractivity contribution in [2.45, 2.75) is 46.7 Å². The van der Waals surface area contributed by atoms with Crippen LogP contribution in [0, 0.1) is 13.8 Å². The van der Waals surface area contributed by atoms with Crippen molar-refractivity contribution in [2.75, 3.05) is 5.32 Å². The Morgan fingerprint density at radius 3 is 2.83 bits per heavy atom. The zero-order chi connectivity index (χ0) is 13.1. The van der Waals surface area contributed by atoms with Crippen LogP contribution in [-0.2, 0) is 6.54 Å². The van der Waals surface area contributed by atoms with E-state index in [4.69, 9.17) is 4.52 Å². The number of nitrogens with zero attached hydrogens (tertiary/aromatic N) is 3. The van der Waals surface area contributed by atoms with Crippen molar-refractivity contribution in [3.63, 3.8) is 0 Å². The molecule has 5 heteroatoms. The first kappa shape index (κ1) is 12.7. The number of aryl methyl sites for hydroxylation is 3. The summed E-state index contributed by atoms with van der Waals surface area (Å²) in [4.78, 5) is 4.34. The Morgan fingerprint density at radius 1 is 1.44 bits per heavy atom. The van der Waals surface area contributed by atoms with Crippen LogP contribution < -0.4 is 5.32 Å². The molecule has 0 aliphatic rings. The van der Waals surface area contributed by atoms with Crippen LogP contribution in [0.25, 0.3) is 0 Å². The maximum atomic E-state index is 5.20. The third-order valence-corrected chi connectivity index (χ3v) is 3.05. The molecule has 2 heterocycles. The molecule has 0 radical (unpaired) electrons. The van der Waals surface area contributed by atoms with E-state index in [0.717, 1.165) is 35.9 Å². The van der Waals surface area contributed by atoms with Gasteiger partial charge in [-0.05, 0) is 27.2 Å².